The minimum Gasteiger partial charge on any atom is -0.339 e. The van der Waals surface area contributed by atoms with Gasteiger partial charge in [-0.3, -0.25) is 0 Å². The lowest BCUT2D eigenvalue weighted by atomic mass is 9.87. The van der Waals surface area contributed by atoms with Crippen molar-refractivity contribution in [3.05, 3.63) is 23.8 Å². The maximum Gasteiger partial charge on any atom is 0.240 e. The van der Waals surface area contributed by atoms with Crippen LogP contribution in [0, 0.1) is 12.3 Å². The molecule has 0 aromatic carbocycles. The average Bonchev–Trinajstić information content (AvgIpc) is 2.75. The van der Waals surface area contributed by atoms with E-state index in [-0.39, 0.29) is 11.5 Å². The molecule has 108 valence electrons. The molecule has 0 bridgehead atoms. The quantitative estimate of drug-likeness (QED) is 0.919. The first-order valence-corrected chi connectivity index (χ1v) is 6.71. The van der Waals surface area contributed by atoms with Crippen molar-refractivity contribution in [1.82, 2.24) is 20.1 Å². The van der Waals surface area contributed by atoms with Gasteiger partial charge in [0.15, 0.2) is 0 Å². The first-order chi connectivity index (χ1) is 9.33. The minimum absolute atomic E-state index is 0.00207. The van der Waals surface area contributed by atoms with Crippen molar-refractivity contribution in [2.75, 3.05) is 0 Å². The summed E-state index contributed by atoms with van der Waals surface area (Å²) in [7, 11) is 0. The number of nitrogens with two attached hydrogens (primary N) is 1. The van der Waals surface area contributed by atoms with E-state index in [1.807, 2.05) is 6.92 Å². The van der Waals surface area contributed by atoms with E-state index in [0.29, 0.717) is 24.0 Å². The largest absolute Gasteiger partial charge is 0.339 e. The summed E-state index contributed by atoms with van der Waals surface area (Å²) in [5.74, 6) is 1.40. The number of aromatic nitrogens is 4. The van der Waals surface area contributed by atoms with Crippen LogP contribution in [-0.2, 0) is 6.42 Å². The van der Waals surface area contributed by atoms with E-state index < -0.39 is 0 Å². The lowest BCUT2D eigenvalue weighted by Crippen LogP contribution is -2.28. The summed E-state index contributed by atoms with van der Waals surface area (Å²) in [5.41, 5.74) is 7.27. The van der Waals surface area contributed by atoms with E-state index in [1.54, 1.807) is 12.4 Å². The van der Waals surface area contributed by atoms with Crippen molar-refractivity contribution in [3.8, 4) is 11.6 Å². The highest BCUT2D eigenvalue weighted by molar-refractivity contribution is 5.40. The molecular weight excluding hydrogens is 254 g/mol. The normalized spacial score (nSPS) is 13.4. The Morgan fingerprint density at radius 1 is 1.20 bits per heavy atom. The molecule has 0 aliphatic heterocycles. The Morgan fingerprint density at radius 3 is 2.45 bits per heavy atom. The molecule has 2 aromatic rings. The van der Waals surface area contributed by atoms with Crippen molar-refractivity contribution in [1.29, 1.82) is 0 Å². The number of rotatable bonds is 4. The second kappa shape index (κ2) is 5.66. The summed E-state index contributed by atoms with van der Waals surface area (Å²) in [4.78, 5) is 12.6. The van der Waals surface area contributed by atoms with Gasteiger partial charge in [0.05, 0.1) is 0 Å². The van der Waals surface area contributed by atoms with Crippen molar-refractivity contribution in [3.63, 3.8) is 0 Å². The Morgan fingerprint density at radius 2 is 1.85 bits per heavy atom. The highest BCUT2D eigenvalue weighted by atomic mass is 16.5. The monoisotopic (exact) mass is 275 g/mol. The van der Waals surface area contributed by atoms with Gasteiger partial charge >= 0.3 is 0 Å². The SMILES string of the molecule is Cc1cnc(-c2noc(CC(N)CC(C)(C)C)n2)nc1. The molecular formula is C14H21N5O. The Kier molecular flexibility index (Phi) is 4.13. The Labute approximate surface area is 118 Å². The number of nitrogens with zero attached hydrogens (tertiary/aromatic N) is 4. The molecule has 6 heteroatoms. The molecule has 20 heavy (non-hydrogen) atoms. The lowest BCUT2D eigenvalue weighted by molar-refractivity contribution is 0.313. The van der Waals surface area contributed by atoms with Gasteiger partial charge < -0.3 is 10.3 Å². The predicted octanol–water partition coefficient (Wildman–Crippen LogP) is 2.14. The maximum absolute atomic E-state index is 6.10. The highest BCUT2D eigenvalue weighted by Crippen LogP contribution is 2.21. The van der Waals surface area contributed by atoms with Gasteiger partial charge in [0.25, 0.3) is 0 Å². The molecule has 0 fully saturated rings. The van der Waals surface area contributed by atoms with E-state index >= 15 is 0 Å². The number of hydrogen-bond donors (Lipinski definition) is 1. The molecule has 2 rings (SSSR count). The highest BCUT2D eigenvalue weighted by Gasteiger charge is 2.19. The van der Waals surface area contributed by atoms with Crippen molar-refractivity contribution in [2.24, 2.45) is 11.1 Å². The van der Waals surface area contributed by atoms with Gasteiger partial charge in [-0.05, 0) is 24.3 Å². The third-order valence-electron chi connectivity index (χ3n) is 2.76. The topological polar surface area (TPSA) is 90.7 Å². The van der Waals surface area contributed by atoms with Crippen LogP contribution in [0.2, 0.25) is 0 Å². The predicted molar refractivity (Wildman–Crippen MR) is 75.8 cm³/mol. The lowest BCUT2D eigenvalue weighted by Gasteiger charge is -2.21. The fraction of sp³-hybridized carbons (Fsp3) is 0.571. The third kappa shape index (κ3) is 4.09. The first kappa shape index (κ1) is 14.6. The molecule has 0 spiro atoms. The standard InChI is InChI=1S/C14H21N5O/c1-9-7-16-12(17-8-9)13-18-11(20-19-13)5-10(15)6-14(2,3)4/h7-8,10H,5-6,15H2,1-4H3. The average molecular weight is 275 g/mol. The molecule has 1 atom stereocenters. The zero-order valence-corrected chi connectivity index (χ0v) is 12.4. The molecule has 0 aliphatic carbocycles. The van der Waals surface area contributed by atoms with Crippen LogP contribution in [0.15, 0.2) is 16.9 Å². The summed E-state index contributed by atoms with van der Waals surface area (Å²) in [6.45, 7) is 8.40. The van der Waals surface area contributed by atoms with Crippen LogP contribution in [0.3, 0.4) is 0 Å². The van der Waals surface area contributed by atoms with Gasteiger partial charge in [0.1, 0.15) is 0 Å². The zero-order valence-electron chi connectivity index (χ0n) is 12.4. The van der Waals surface area contributed by atoms with Crippen molar-refractivity contribution in [2.45, 2.75) is 46.6 Å². The smallest absolute Gasteiger partial charge is 0.240 e. The van der Waals surface area contributed by atoms with Crippen molar-refractivity contribution < 1.29 is 4.52 Å². The number of hydrogen-bond acceptors (Lipinski definition) is 6. The van der Waals surface area contributed by atoms with E-state index in [1.165, 1.54) is 0 Å². The molecule has 2 heterocycles. The second-order valence-corrected chi connectivity index (χ2v) is 6.32. The zero-order chi connectivity index (χ0) is 14.8. The van der Waals surface area contributed by atoms with E-state index in [4.69, 9.17) is 10.3 Å². The van der Waals surface area contributed by atoms with Gasteiger partial charge in [-0.15, -0.1) is 0 Å². The fourth-order valence-electron chi connectivity index (χ4n) is 2.02. The minimum atomic E-state index is 0.00207. The molecule has 1 unspecified atom stereocenters. The van der Waals surface area contributed by atoms with Gasteiger partial charge in [-0.2, -0.15) is 4.98 Å². The van der Waals surface area contributed by atoms with Crippen molar-refractivity contribution >= 4 is 0 Å². The second-order valence-electron chi connectivity index (χ2n) is 6.32. The van der Waals surface area contributed by atoms with E-state index in [2.05, 4.69) is 40.9 Å². The molecule has 0 saturated carbocycles. The van der Waals surface area contributed by atoms with Crippen LogP contribution in [0.1, 0.15) is 38.6 Å². The molecule has 0 radical (unpaired) electrons. The molecule has 6 nitrogen and oxygen atoms in total. The van der Waals surface area contributed by atoms with E-state index in [0.717, 1.165) is 12.0 Å². The molecule has 2 N–H and O–H groups in total. The number of aryl methyl sites for hydroxylation is 1. The summed E-state index contributed by atoms with van der Waals surface area (Å²) < 4.78 is 5.21. The van der Waals surface area contributed by atoms with Crippen LogP contribution in [0.25, 0.3) is 11.6 Å². The van der Waals surface area contributed by atoms with Gasteiger partial charge in [-0.1, -0.05) is 25.9 Å². The molecule has 0 amide bonds. The van der Waals surface area contributed by atoms with Crippen LogP contribution in [0.4, 0.5) is 0 Å². The van der Waals surface area contributed by atoms with Gasteiger partial charge in [-0.25, -0.2) is 9.97 Å². The summed E-state index contributed by atoms with van der Waals surface area (Å²) in [6.07, 6.45) is 4.91. The maximum atomic E-state index is 6.10. The van der Waals surface area contributed by atoms with Crippen LogP contribution < -0.4 is 5.73 Å². The van der Waals surface area contributed by atoms with Gasteiger partial charge in [0, 0.05) is 24.9 Å². The Bertz CT molecular complexity index is 556. The van der Waals surface area contributed by atoms with Crippen LogP contribution >= 0.6 is 0 Å². The van der Waals surface area contributed by atoms with Crippen LogP contribution in [0.5, 0.6) is 0 Å². The molecule has 2 aromatic heterocycles. The van der Waals surface area contributed by atoms with E-state index in [9.17, 15) is 0 Å². The summed E-state index contributed by atoms with van der Waals surface area (Å²) in [6, 6.07) is 0.00207. The summed E-state index contributed by atoms with van der Waals surface area (Å²) >= 11 is 0. The van der Waals surface area contributed by atoms with Gasteiger partial charge in [0.2, 0.25) is 17.5 Å². The third-order valence-corrected chi connectivity index (χ3v) is 2.76. The molecule has 0 aliphatic rings. The molecule has 0 saturated heterocycles. The summed E-state index contributed by atoms with van der Waals surface area (Å²) in [5, 5.41) is 3.90. The first-order valence-electron chi connectivity index (χ1n) is 6.71. The Hall–Kier alpha value is -1.82. The fourth-order valence-corrected chi connectivity index (χ4v) is 2.02. The Balaban J connectivity index is 2.04. The van der Waals surface area contributed by atoms with Crippen LogP contribution in [-0.4, -0.2) is 26.2 Å².